The highest BCUT2D eigenvalue weighted by Crippen LogP contribution is 2.30. The molecule has 0 aliphatic carbocycles. The van der Waals surface area contributed by atoms with Gasteiger partial charge in [-0.15, -0.1) is 0 Å². The number of hydrogen-bond acceptors (Lipinski definition) is 0. The van der Waals surface area contributed by atoms with E-state index in [0.717, 1.165) is 0 Å². The van der Waals surface area contributed by atoms with Gasteiger partial charge in [0, 0.05) is 0 Å². The first kappa shape index (κ1) is 12.7. The molecule has 0 saturated heterocycles. The van der Waals surface area contributed by atoms with Gasteiger partial charge in [-0.25, -0.2) is 0 Å². The first-order valence-electron chi connectivity index (χ1n) is 5.67. The quantitative estimate of drug-likeness (QED) is 0.510. The van der Waals surface area contributed by atoms with Gasteiger partial charge in [-0.3, -0.25) is 0 Å². The fourth-order valence-corrected chi connectivity index (χ4v) is 1.98. The SMILES string of the molecule is CCC/C=C(\C)CC(C)(C)CCC. The molecule has 0 nitrogen and oxygen atoms in total. The third kappa shape index (κ3) is 6.86. The first-order chi connectivity index (χ1) is 6.02. The van der Waals surface area contributed by atoms with Crippen molar-refractivity contribution in [3.05, 3.63) is 11.6 Å². The Morgan fingerprint density at radius 2 is 1.77 bits per heavy atom. The van der Waals surface area contributed by atoms with Gasteiger partial charge < -0.3 is 0 Å². The smallest absolute Gasteiger partial charge is 0.0271 e. The topological polar surface area (TPSA) is 0 Å². The molecular formula is C13H26. The molecule has 0 heterocycles. The molecule has 0 heteroatoms. The average molecular weight is 182 g/mol. The second-order valence-electron chi connectivity index (χ2n) is 4.93. The Labute approximate surface area is 84.4 Å². The lowest BCUT2D eigenvalue weighted by atomic mass is 9.82. The summed E-state index contributed by atoms with van der Waals surface area (Å²) in [6.45, 7) is 11.5. The van der Waals surface area contributed by atoms with Gasteiger partial charge in [0.05, 0.1) is 0 Å². The molecule has 0 aromatic rings. The molecule has 78 valence electrons. The summed E-state index contributed by atoms with van der Waals surface area (Å²) in [7, 11) is 0. The summed E-state index contributed by atoms with van der Waals surface area (Å²) in [6.07, 6.45) is 8.82. The summed E-state index contributed by atoms with van der Waals surface area (Å²) in [4.78, 5) is 0. The van der Waals surface area contributed by atoms with E-state index in [0.29, 0.717) is 5.41 Å². The maximum absolute atomic E-state index is 2.40. The van der Waals surface area contributed by atoms with Gasteiger partial charge in [0.25, 0.3) is 0 Å². The van der Waals surface area contributed by atoms with Crippen LogP contribution in [0.5, 0.6) is 0 Å². The monoisotopic (exact) mass is 182 g/mol. The van der Waals surface area contributed by atoms with Crippen LogP contribution in [0.2, 0.25) is 0 Å². The zero-order valence-corrected chi connectivity index (χ0v) is 10.1. The minimum absolute atomic E-state index is 0.503. The predicted molar refractivity (Wildman–Crippen MR) is 62.0 cm³/mol. The average Bonchev–Trinajstić information content (AvgIpc) is 1.99. The summed E-state index contributed by atoms with van der Waals surface area (Å²) < 4.78 is 0. The van der Waals surface area contributed by atoms with Crippen LogP contribution in [0.4, 0.5) is 0 Å². The Hall–Kier alpha value is -0.260. The fourth-order valence-electron chi connectivity index (χ4n) is 1.98. The number of unbranched alkanes of at least 4 members (excludes halogenated alkanes) is 1. The van der Waals surface area contributed by atoms with Gasteiger partial charge in [0.15, 0.2) is 0 Å². The van der Waals surface area contributed by atoms with Crippen molar-refractivity contribution < 1.29 is 0 Å². The maximum atomic E-state index is 2.40. The van der Waals surface area contributed by atoms with E-state index < -0.39 is 0 Å². The molecule has 0 aromatic carbocycles. The van der Waals surface area contributed by atoms with Crippen molar-refractivity contribution in [1.29, 1.82) is 0 Å². The van der Waals surface area contributed by atoms with Crippen molar-refractivity contribution in [2.45, 2.75) is 66.7 Å². The van der Waals surface area contributed by atoms with E-state index in [1.807, 2.05) is 0 Å². The van der Waals surface area contributed by atoms with Crippen LogP contribution in [-0.2, 0) is 0 Å². The molecule has 0 amide bonds. The van der Waals surface area contributed by atoms with E-state index in [1.165, 1.54) is 32.1 Å². The minimum atomic E-state index is 0.503. The molecule has 13 heavy (non-hydrogen) atoms. The van der Waals surface area contributed by atoms with Gasteiger partial charge in [-0.05, 0) is 31.6 Å². The predicted octanol–water partition coefficient (Wildman–Crippen LogP) is 4.95. The standard InChI is InChI=1S/C13H26/c1-6-8-9-12(3)11-13(4,5)10-7-2/h9H,6-8,10-11H2,1-5H3/b12-9+. The van der Waals surface area contributed by atoms with Crippen LogP contribution < -0.4 is 0 Å². The van der Waals surface area contributed by atoms with Crippen molar-refractivity contribution in [1.82, 2.24) is 0 Å². The Bertz CT molecular complexity index is 151. The number of rotatable bonds is 6. The van der Waals surface area contributed by atoms with Crippen molar-refractivity contribution >= 4 is 0 Å². The molecule has 0 rings (SSSR count). The van der Waals surface area contributed by atoms with E-state index in [4.69, 9.17) is 0 Å². The molecule has 0 fully saturated rings. The Morgan fingerprint density at radius 1 is 1.15 bits per heavy atom. The highest BCUT2D eigenvalue weighted by Gasteiger charge is 2.16. The van der Waals surface area contributed by atoms with Gasteiger partial charge in [0.1, 0.15) is 0 Å². The van der Waals surface area contributed by atoms with Crippen LogP contribution in [-0.4, -0.2) is 0 Å². The highest BCUT2D eigenvalue weighted by atomic mass is 14.2. The zero-order valence-electron chi connectivity index (χ0n) is 10.1. The van der Waals surface area contributed by atoms with E-state index >= 15 is 0 Å². The van der Waals surface area contributed by atoms with E-state index in [-0.39, 0.29) is 0 Å². The van der Waals surface area contributed by atoms with E-state index in [1.54, 1.807) is 5.57 Å². The van der Waals surface area contributed by atoms with Crippen LogP contribution >= 0.6 is 0 Å². The van der Waals surface area contributed by atoms with Crippen molar-refractivity contribution in [3.63, 3.8) is 0 Å². The molecule has 0 spiro atoms. The summed E-state index contributed by atoms with van der Waals surface area (Å²) >= 11 is 0. The molecule has 0 unspecified atom stereocenters. The fraction of sp³-hybridized carbons (Fsp3) is 0.846. The summed E-state index contributed by atoms with van der Waals surface area (Å²) in [5, 5.41) is 0. The van der Waals surface area contributed by atoms with Gasteiger partial charge in [0.2, 0.25) is 0 Å². The molecule has 0 radical (unpaired) electrons. The normalized spacial score (nSPS) is 13.5. The molecular weight excluding hydrogens is 156 g/mol. The molecule has 0 N–H and O–H groups in total. The second-order valence-corrected chi connectivity index (χ2v) is 4.93. The Morgan fingerprint density at radius 3 is 2.23 bits per heavy atom. The summed E-state index contributed by atoms with van der Waals surface area (Å²) in [5.74, 6) is 0. The Kier molecular flexibility index (Phi) is 6.11. The van der Waals surface area contributed by atoms with E-state index in [9.17, 15) is 0 Å². The van der Waals surface area contributed by atoms with Crippen LogP contribution in [0.25, 0.3) is 0 Å². The van der Waals surface area contributed by atoms with E-state index in [2.05, 4.69) is 40.7 Å². The van der Waals surface area contributed by atoms with Gasteiger partial charge >= 0.3 is 0 Å². The first-order valence-corrected chi connectivity index (χ1v) is 5.67. The van der Waals surface area contributed by atoms with Crippen LogP contribution in [0.15, 0.2) is 11.6 Å². The summed E-state index contributed by atoms with van der Waals surface area (Å²) in [6, 6.07) is 0. The van der Waals surface area contributed by atoms with Crippen molar-refractivity contribution in [2.75, 3.05) is 0 Å². The molecule has 0 atom stereocenters. The van der Waals surface area contributed by atoms with Gasteiger partial charge in [-0.2, -0.15) is 0 Å². The number of hydrogen-bond donors (Lipinski definition) is 0. The van der Waals surface area contributed by atoms with Crippen LogP contribution in [0.3, 0.4) is 0 Å². The Balaban J connectivity index is 3.94. The van der Waals surface area contributed by atoms with Gasteiger partial charge in [-0.1, -0.05) is 52.2 Å². The summed E-state index contributed by atoms with van der Waals surface area (Å²) in [5.41, 5.74) is 2.07. The maximum Gasteiger partial charge on any atom is -0.0271 e. The number of allylic oxidation sites excluding steroid dienone is 2. The molecule has 0 bridgehead atoms. The lowest BCUT2D eigenvalue weighted by molar-refractivity contribution is 0.328. The molecule has 0 aliphatic rings. The lowest BCUT2D eigenvalue weighted by Gasteiger charge is -2.24. The lowest BCUT2D eigenvalue weighted by Crippen LogP contribution is -2.10. The third-order valence-electron chi connectivity index (χ3n) is 2.47. The zero-order chi connectivity index (χ0) is 10.3. The third-order valence-corrected chi connectivity index (χ3v) is 2.47. The van der Waals surface area contributed by atoms with Crippen molar-refractivity contribution in [2.24, 2.45) is 5.41 Å². The van der Waals surface area contributed by atoms with Crippen molar-refractivity contribution in [3.8, 4) is 0 Å². The van der Waals surface area contributed by atoms with Crippen LogP contribution in [0.1, 0.15) is 66.7 Å². The largest absolute Gasteiger partial charge is 0.0856 e. The minimum Gasteiger partial charge on any atom is -0.0856 e. The molecule has 0 aliphatic heterocycles. The molecule has 0 aromatic heterocycles. The second kappa shape index (κ2) is 6.23. The highest BCUT2D eigenvalue weighted by molar-refractivity contribution is 5.01. The molecule has 0 saturated carbocycles. The van der Waals surface area contributed by atoms with Crippen LogP contribution in [0, 0.1) is 5.41 Å².